The second-order valence-electron chi connectivity index (χ2n) is 4.74. The highest BCUT2D eigenvalue weighted by Crippen LogP contribution is 2.17. The predicted octanol–water partition coefficient (Wildman–Crippen LogP) is 3.18. The number of benzene rings is 2. The Morgan fingerprint density at radius 3 is 2.57 bits per heavy atom. The zero-order valence-corrected chi connectivity index (χ0v) is 12.5. The van der Waals surface area contributed by atoms with Crippen molar-refractivity contribution in [3.63, 3.8) is 0 Å². The number of Topliss-reactive ketones (excluding diaryl/α,β-unsaturated/α-hetero) is 1. The summed E-state index contributed by atoms with van der Waals surface area (Å²) in [5.74, 6) is -1.53. The Labute approximate surface area is 134 Å². The third-order valence-corrected chi connectivity index (χ3v) is 3.49. The van der Waals surface area contributed by atoms with Gasteiger partial charge in [-0.2, -0.15) is 4.68 Å². The van der Waals surface area contributed by atoms with Crippen LogP contribution in [0.3, 0.4) is 0 Å². The van der Waals surface area contributed by atoms with Gasteiger partial charge in [-0.25, -0.2) is 9.18 Å². The van der Waals surface area contributed by atoms with Crippen LogP contribution in [0.15, 0.2) is 57.7 Å². The van der Waals surface area contributed by atoms with Crippen molar-refractivity contribution in [1.82, 2.24) is 9.78 Å². The van der Waals surface area contributed by atoms with Crippen molar-refractivity contribution < 1.29 is 13.6 Å². The summed E-state index contributed by atoms with van der Waals surface area (Å²) in [5, 5.41) is 4.25. The molecule has 0 radical (unpaired) electrons. The number of carbonyl (C=O) groups excluding carboxylic acids is 1. The lowest BCUT2D eigenvalue weighted by molar-refractivity contribution is 0.0965. The molecule has 0 aliphatic heterocycles. The molecule has 0 saturated carbocycles. The lowest BCUT2D eigenvalue weighted by Gasteiger charge is -2.01. The second kappa shape index (κ2) is 6.18. The molecule has 5 nitrogen and oxygen atoms in total. The van der Waals surface area contributed by atoms with Crippen molar-refractivity contribution in [2.24, 2.45) is 0 Å². The minimum absolute atomic E-state index is 0.0157. The molecule has 0 amide bonds. The average Bonchev–Trinajstić information content (AvgIpc) is 2.89. The number of hydrogen-bond acceptors (Lipinski definition) is 4. The summed E-state index contributed by atoms with van der Waals surface area (Å²) in [7, 11) is 0. The molecule has 23 heavy (non-hydrogen) atoms. The van der Waals surface area contributed by atoms with E-state index < -0.39 is 11.6 Å². The molecule has 3 aromatic rings. The lowest BCUT2D eigenvalue weighted by Crippen LogP contribution is -2.21. The SMILES string of the molecule is O=C(Cn1nc(-c2ccc(F)cc2)oc1=O)c1ccccc1Cl. The third kappa shape index (κ3) is 3.22. The van der Waals surface area contributed by atoms with E-state index in [9.17, 15) is 14.0 Å². The molecule has 3 rings (SSSR count). The highest BCUT2D eigenvalue weighted by Gasteiger charge is 2.16. The van der Waals surface area contributed by atoms with Gasteiger partial charge in [-0.05, 0) is 36.4 Å². The number of ketones is 1. The standard InChI is InChI=1S/C16H10ClFN2O3/c17-13-4-2-1-3-12(13)14(21)9-20-16(22)23-15(19-20)10-5-7-11(18)8-6-10/h1-8H,9H2. The molecular formula is C16H10ClFN2O3. The smallest absolute Gasteiger partial charge is 0.388 e. The number of aromatic nitrogens is 2. The first kappa shape index (κ1) is 15.2. The van der Waals surface area contributed by atoms with Gasteiger partial charge in [0.25, 0.3) is 0 Å². The van der Waals surface area contributed by atoms with E-state index in [1.807, 2.05) is 0 Å². The van der Waals surface area contributed by atoms with Gasteiger partial charge in [0.05, 0.1) is 5.02 Å². The first-order valence-corrected chi connectivity index (χ1v) is 7.04. The van der Waals surface area contributed by atoms with Crippen LogP contribution in [0.4, 0.5) is 4.39 Å². The molecule has 7 heteroatoms. The fraction of sp³-hybridized carbons (Fsp3) is 0.0625. The third-order valence-electron chi connectivity index (χ3n) is 3.17. The van der Waals surface area contributed by atoms with Gasteiger partial charge in [0.1, 0.15) is 12.4 Å². The Morgan fingerprint density at radius 2 is 1.87 bits per heavy atom. The monoisotopic (exact) mass is 332 g/mol. The van der Waals surface area contributed by atoms with Crippen LogP contribution < -0.4 is 5.76 Å². The van der Waals surface area contributed by atoms with Crippen LogP contribution in [0.1, 0.15) is 10.4 Å². The normalized spacial score (nSPS) is 10.7. The zero-order valence-electron chi connectivity index (χ0n) is 11.7. The summed E-state index contributed by atoms with van der Waals surface area (Å²) in [5.41, 5.74) is 0.736. The summed E-state index contributed by atoms with van der Waals surface area (Å²) in [6.45, 7) is -0.298. The molecule has 1 aromatic heterocycles. The predicted molar refractivity (Wildman–Crippen MR) is 81.9 cm³/mol. The molecule has 0 aliphatic rings. The number of carbonyl (C=O) groups is 1. The molecule has 0 spiro atoms. The van der Waals surface area contributed by atoms with Crippen molar-refractivity contribution in [3.8, 4) is 11.5 Å². The maximum atomic E-state index is 12.9. The second-order valence-corrected chi connectivity index (χ2v) is 5.15. The maximum Gasteiger partial charge on any atom is 0.437 e. The molecule has 0 fully saturated rings. The zero-order chi connectivity index (χ0) is 16.4. The van der Waals surface area contributed by atoms with E-state index in [1.54, 1.807) is 24.3 Å². The quantitative estimate of drug-likeness (QED) is 0.688. The molecule has 0 N–H and O–H groups in total. The molecule has 0 atom stereocenters. The lowest BCUT2D eigenvalue weighted by atomic mass is 10.1. The van der Waals surface area contributed by atoms with Crippen LogP contribution in [-0.4, -0.2) is 15.6 Å². The van der Waals surface area contributed by atoms with E-state index >= 15 is 0 Å². The van der Waals surface area contributed by atoms with Gasteiger partial charge in [0.2, 0.25) is 5.89 Å². The van der Waals surface area contributed by atoms with E-state index in [1.165, 1.54) is 24.3 Å². The van der Waals surface area contributed by atoms with Crippen molar-refractivity contribution >= 4 is 17.4 Å². The Balaban J connectivity index is 1.87. The Morgan fingerprint density at radius 1 is 1.17 bits per heavy atom. The number of rotatable bonds is 4. The topological polar surface area (TPSA) is 65.1 Å². The highest BCUT2D eigenvalue weighted by atomic mass is 35.5. The summed E-state index contributed by atoms with van der Waals surface area (Å²) in [6, 6.07) is 11.8. The molecule has 0 aliphatic carbocycles. The fourth-order valence-electron chi connectivity index (χ4n) is 2.02. The summed E-state index contributed by atoms with van der Waals surface area (Å²) < 4.78 is 18.8. The van der Waals surface area contributed by atoms with Gasteiger partial charge >= 0.3 is 5.76 Å². The van der Waals surface area contributed by atoms with Crippen molar-refractivity contribution in [3.05, 3.63) is 75.5 Å². The van der Waals surface area contributed by atoms with Crippen molar-refractivity contribution in [2.45, 2.75) is 6.54 Å². The van der Waals surface area contributed by atoms with Gasteiger partial charge in [0.15, 0.2) is 5.78 Å². The van der Waals surface area contributed by atoms with E-state index in [2.05, 4.69) is 5.10 Å². The molecule has 0 saturated heterocycles. The van der Waals surface area contributed by atoms with Gasteiger partial charge < -0.3 is 4.42 Å². The van der Waals surface area contributed by atoms with E-state index in [4.69, 9.17) is 16.0 Å². The number of halogens is 2. The van der Waals surface area contributed by atoms with Gasteiger partial charge in [0, 0.05) is 11.1 Å². The first-order chi connectivity index (χ1) is 11.0. The van der Waals surface area contributed by atoms with E-state index in [0.29, 0.717) is 16.1 Å². The summed E-state index contributed by atoms with van der Waals surface area (Å²) in [4.78, 5) is 24.0. The Hall–Kier alpha value is -2.73. The van der Waals surface area contributed by atoms with E-state index in [0.717, 1.165) is 4.68 Å². The number of hydrogen-bond donors (Lipinski definition) is 0. The van der Waals surface area contributed by atoms with Gasteiger partial charge in [-0.3, -0.25) is 4.79 Å². The Kier molecular flexibility index (Phi) is 4.08. The molecule has 2 aromatic carbocycles. The summed E-state index contributed by atoms with van der Waals surface area (Å²) in [6.07, 6.45) is 0. The molecule has 0 unspecified atom stereocenters. The average molecular weight is 333 g/mol. The van der Waals surface area contributed by atoms with Crippen LogP contribution in [0, 0.1) is 5.82 Å². The van der Waals surface area contributed by atoms with Gasteiger partial charge in [-0.15, -0.1) is 5.10 Å². The van der Waals surface area contributed by atoms with Crippen LogP contribution in [0.25, 0.3) is 11.5 Å². The first-order valence-electron chi connectivity index (χ1n) is 6.66. The maximum absolute atomic E-state index is 12.9. The molecular weight excluding hydrogens is 323 g/mol. The van der Waals surface area contributed by atoms with Crippen molar-refractivity contribution in [1.29, 1.82) is 0 Å². The summed E-state index contributed by atoms with van der Waals surface area (Å²) >= 11 is 5.95. The minimum Gasteiger partial charge on any atom is -0.388 e. The van der Waals surface area contributed by atoms with Crippen LogP contribution in [-0.2, 0) is 6.54 Å². The fourth-order valence-corrected chi connectivity index (χ4v) is 2.26. The van der Waals surface area contributed by atoms with Gasteiger partial charge in [-0.1, -0.05) is 23.7 Å². The number of nitrogens with zero attached hydrogens (tertiary/aromatic N) is 2. The highest BCUT2D eigenvalue weighted by molar-refractivity contribution is 6.33. The molecule has 0 bridgehead atoms. The Bertz CT molecular complexity index is 916. The minimum atomic E-state index is -0.773. The molecule has 116 valence electrons. The van der Waals surface area contributed by atoms with Crippen LogP contribution in [0.5, 0.6) is 0 Å². The van der Waals surface area contributed by atoms with E-state index in [-0.39, 0.29) is 18.2 Å². The largest absolute Gasteiger partial charge is 0.437 e. The van der Waals surface area contributed by atoms with Crippen LogP contribution in [0.2, 0.25) is 5.02 Å². The van der Waals surface area contributed by atoms with Crippen LogP contribution >= 0.6 is 11.6 Å². The molecule has 1 heterocycles. The van der Waals surface area contributed by atoms with Crippen molar-refractivity contribution in [2.75, 3.05) is 0 Å².